The molecule has 0 atom stereocenters. The van der Waals surface area contributed by atoms with E-state index in [-0.39, 0.29) is 5.69 Å². The number of nitro groups is 1. The van der Waals surface area contributed by atoms with Crippen LogP contribution in [-0.2, 0) is 6.18 Å². The van der Waals surface area contributed by atoms with E-state index in [1.807, 2.05) is 0 Å². The molecule has 1 aromatic carbocycles. The second kappa shape index (κ2) is 4.85. The zero-order valence-electron chi connectivity index (χ0n) is 9.90. The first-order valence-electron chi connectivity index (χ1n) is 5.21. The summed E-state index contributed by atoms with van der Waals surface area (Å²) in [5, 5.41) is 22.8. The zero-order chi connectivity index (χ0) is 15.8. The number of aromatic nitrogens is 3. The van der Waals surface area contributed by atoms with Gasteiger partial charge in [-0.3, -0.25) is 0 Å². The summed E-state index contributed by atoms with van der Waals surface area (Å²) < 4.78 is 38.4. The number of halogens is 3. The standard InChI is InChI=1S/C10H5F3N4O4/c11-10(12,13)5-1-2-7(6(3-5)8(18)19)16-4-14-9(15-16)17(20)21/h1-4H,(H,18,19). The molecule has 2 aromatic rings. The zero-order valence-corrected chi connectivity index (χ0v) is 9.90. The van der Waals surface area contributed by atoms with Gasteiger partial charge in [-0.1, -0.05) is 4.98 Å². The van der Waals surface area contributed by atoms with Crippen molar-refractivity contribution in [3.63, 3.8) is 0 Å². The molecule has 2 rings (SSSR count). The van der Waals surface area contributed by atoms with Gasteiger partial charge in [0.15, 0.2) is 0 Å². The molecule has 11 heteroatoms. The molecule has 8 nitrogen and oxygen atoms in total. The van der Waals surface area contributed by atoms with Crippen LogP contribution in [0.15, 0.2) is 24.5 Å². The van der Waals surface area contributed by atoms with Crippen LogP contribution >= 0.6 is 0 Å². The number of hydrogen-bond donors (Lipinski definition) is 1. The molecule has 0 aliphatic heterocycles. The quantitative estimate of drug-likeness (QED) is 0.684. The lowest BCUT2D eigenvalue weighted by atomic mass is 10.1. The van der Waals surface area contributed by atoms with Crippen LogP contribution in [0.4, 0.5) is 19.1 Å². The maximum absolute atomic E-state index is 12.6. The van der Waals surface area contributed by atoms with E-state index in [2.05, 4.69) is 10.1 Å². The Kier molecular flexibility index (Phi) is 3.33. The summed E-state index contributed by atoms with van der Waals surface area (Å²) in [6.07, 6.45) is -3.87. The Balaban J connectivity index is 2.57. The summed E-state index contributed by atoms with van der Waals surface area (Å²) in [5.74, 6) is -2.43. The van der Waals surface area contributed by atoms with Gasteiger partial charge < -0.3 is 15.2 Å². The van der Waals surface area contributed by atoms with Crippen molar-refractivity contribution in [3.8, 4) is 5.69 Å². The van der Waals surface area contributed by atoms with E-state index in [1.54, 1.807) is 0 Å². The normalized spacial score (nSPS) is 11.4. The molecule has 0 amide bonds. The molecule has 0 aliphatic rings. The first-order chi connectivity index (χ1) is 9.70. The van der Waals surface area contributed by atoms with Crippen molar-refractivity contribution in [2.24, 2.45) is 0 Å². The highest BCUT2D eigenvalue weighted by atomic mass is 19.4. The Morgan fingerprint density at radius 3 is 2.52 bits per heavy atom. The Hall–Kier alpha value is -2.98. The molecule has 0 saturated carbocycles. The van der Waals surface area contributed by atoms with Crippen LogP contribution in [0.5, 0.6) is 0 Å². The molecule has 21 heavy (non-hydrogen) atoms. The minimum Gasteiger partial charge on any atom is -0.478 e. The number of aromatic carboxylic acids is 1. The predicted octanol–water partition coefficient (Wildman–Crippen LogP) is 1.89. The van der Waals surface area contributed by atoms with E-state index >= 15 is 0 Å². The number of carboxylic acid groups (broad SMARTS) is 1. The van der Waals surface area contributed by atoms with Crippen molar-refractivity contribution in [1.82, 2.24) is 14.8 Å². The van der Waals surface area contributed by atoms with E-state index in [0.717, 1.165) is 17.1 Å². The maximum Gasteiger partial charge on any atom is 0.491 e. The van der Waals surface area contributed by atoms with Crippen molar-refractivity contribution < 1.29 is 28.0 Å². The minimum absolute atomic E-state index is 0.267. The second-order valence-corrected chi connectivity index (χ2v) is 3.78. The first kappa shape index (κ1) is 14.4. The van der Waals surface area contributed by atoms with Gasteiger partial charge in [-0.25, -0.2) is 4.79 Å². The lowest BCUT2D eigenvalue weighted by molar-refractivity contribution is -0.394. The maximum atomic E-state index is 12.6. The van der Waals surface area contributed by atoms with Gasteiger partial charge in [0.25, 0.3) is 0 Å². The van der Waals surface area contributed by atoms with E-state index in [0.29, 0.717) is 12.1 Å². The number of carbonyl (C=O) groups is 1. The average Bonchev–Trinajstić information content (AvgIpc) is 2.86. The number of nitrogens with zero attached hydrogens (tertiary/aromatic N) is 4. The molecular formula is C10H5F3N4O4. The van der Waals surface area contributed by atoms with E-state index in [1.165, 1.54) is 0 Å². The largest absolute Gasteiger partial charge is 0.491 e. The van der Waals surface area contributed by atoms with Crippen LogP contribution in [0.2, 0.25) is 0 Å². The molecular weight excluding hydrogens is 297 g/mol. The summed E-state index contributed by atoms with van der Waals surface area (Å²) in [6, 6.07) is 1.92. The monoisotopic (exact) mass is 302 g/mol. The van der Waals surface area contributed by atoms with E-state index in [9.17, 15) is 28.1 Å². The third kappa shape index (κ3) is 2.80. The fourth-order valence-corrected chi connectivity index (χ4v) is 1.54. The van der Waals surface area contributed by atoms with Crippen molar-refractivity contribution in [1.29, 1.82) is 0 Å². The third-order valence-electron chi connectivity index (χ3n) is 2.44. The average molecular weight is 302 g/mol. The lowest BCUT2D eigenvalue weighted by Gasteiger charge is -2.09. The molecule has 1 N–H and O–H groups in total. The molecule has 110 valence electrons. The van der Waals surface area contributed by atoms with Crippen LogP contribution in [-0.4, -0.2) is 30.8 Å². The van der Waals surface area contributed by atoms with Gasteiger partial charge in [-0.15, -0.1) is 4.68 Å². The highest BCUT2D eigenvalue weighted by Crippen LogP contribution is 2.31. The van der Waals surface area contributed by atoms with Gasteiger partial charge in [0.1, 0.15) is 0 Å². The molecule has 1 aromatic heterocycles. The Bertz CT molecular complexity index is 725. The highest BCUT2D eigenvalue weighted by molar-refractivity contribution is 5.92. The summed E-state index contributed by atoms with van der Waals surface area (Å²) in [4.78, 5) is 23.9. The number of carboxylic acids is 1. The summed E-state index contributed by atoms with van der Waals surface area (Å²) in [6.45, 7) is 0. The van der Waals surface area contributed by atoms with Crippen LogP contribution in [0.3, 0.4) is 0 Å². The van der Waals surface area contributed by atoms with E-state index < -0.39 is 34.1 Å². The molecule has 0 saturated heterocycles. The lowest BCUT2D eigenvalue weighted by Crippen LogP contribution is -2.11. The van der Waals surface area contributed by atoms with Crippen molar-refractivity contribution >= 4 is 11.9 Å². The molecule has 0 fully saturated rings. The predicted molar refractivity (Wildman–Crippen MR) is 60.0 cm³/mol. The van der Waals surface area contributed by atoms with Crippen molar-refractivity contribution in [2.45, 2.75) is 6.18 Å². The third-order valence-corrected chi connectivity index (χ3v) is 2.44. The summed E-state index contributed by atoms with van der Waals surface area (Å²) in [7, 11) is 0. The number of benzene rings is 1. The molecule has 0 aliphatic carbocycles. The fourth-order valence-electron chi connectivity index (χ4n) is 1.54. The first-order valence-corrected chi connectivity index (χ1v) is 5.21. The van der Waals surface area contributed by atoms with Gasteiger partial charge in [-0.2, -0.15) is 13.2 Å². The van der Waals surface area contributed by atoms with Crippen molar-refractivity contribution in [2.75, 3.05) is 0 Å². The molecule has 0 unspecified atom stereocenters. The SMILES string of the molecule is O=C(O)c1cc(C(F)(F)F)ccc1-n1cnc([N+](=O)[O-])n1. The van der Waals surface area contributed by atoms with Gasteiger partial charge in [0.05, 0.1) is 16.8 Å². The smallest absolute Gasteiger partial charge is 0.478 e. The van der Waals surface area contributed by atoms with Gasteiger partial charge >= 0.3 is 18.1 Å². The summed E-state index contributed by atoms with van der Waals surface area (Å²) in [5.41, 5.74) is -2.13. The number of rotatable bonds is 3. The number of alkyl halides is 3. The fraction of sp³-hybridized carbons (Fsp3) is 0.100. The van der Waals surface area contributed by atoms with Gasteiger partial charge in [-0.05, 0) is 23.1 Å². The van der Waals surface area contributed by atoms with Crippen molar-refractivity contribution in [3.05, 3.63) is 45.8 Å². The molecule has 1 heterocycles. The highest BCUT2D eigenvalue weighted by Gasteiger charge is 2.32. The van der Waals surface area contributed by atoms with E-state index in [4.69, 9.17) is 5.11 Å². The van der Waals surface area contributed by atoms with Crippen LogP contribution in [0, 0.1) is 10.1 Å². The number of hydrogen-bond acceptors (Lipinski definition) is 5. The van der Waals surface area contributed by atoms with Crippen LogP contribution in [0.25, 0.3) is 5.69 Å². The molecule has 0 spiro atoms. The van der Waals surface area contributed by atoms with Gasteiger partial charge in [0.2, 0.25) is 6.33 Å². The minimum atomic E-state index is -4.71. The van der Waals surface area contributed by atoms with Crippen LogP contribution in [0.1, 0.15) is 15.9 Å². The topological polar surface area (TPSA) is 111 Å². The Morgan fingerprint density at radius 1 is 1.38 bits per heavy atom. The second-order valence-electron chi connectivity index (χ2n) is 3.78. The Morgan fingerprint density at radius 2 is 2.05 bits per heavy atom. The Labute approximate surface area is 113 Å². The van der Waals surface area contributed by atoms with Gasteiger partial charge in [0, 0.05) is 5.10 Å². The molecule has 0 bridgehead atoms. The van der Waals surface area contributed by atoms with Crippen LogP contribution < -0.4 is 0 Å². The summed E-state index contributed by atoms with van der Waals surface area (Å²) >= 11 is 0. The molecule has 0 radical (unpaired) electrons.